The number of nitrogens with one attached hydrogen (secondary N) is 2. The summed E-state index contributed by atoms with van der Waals surface area (Å²) in [6, 6.07) is 6.02. The van der Waals surface area contributed by atoms with Gasteiger partial charge in [0.05, 0.1) is 6.20 Å². The van der Waals surface area contributed by atoms with Crippen LogP contribution >= 0.6 is 28.7 Å². The number of carbonyl (C=O) groups is 1. The first-order valence-electron chi connectivity index (χ1n) is 7.04. The zero-order valence-electron chi connectivity index (χ0n) is 11.8. The van der Waals surface area contributed by atoms with Gasteiger partial charge < -0.3 is 10.2 Å². The maximum absolute atomic E-state index is 11.3. The molecular weight excluding hydrogens is 366 g/mol. The molecule has 0 saturated carbocycles. The number of hydrogen-bond donors (Lipinski definition) is 3. The van der Waals surface area contributed by atoms with Crippen molar-refractivity contribution in [1.82, 2.24) is 20.2 Å². The molecule has 2 N–H and O–H groups in total. The minimum absolute atomic E-state index is 0.167. The molecule has 1 aliphatic heterocycles. The molecule has 0 aliphatic carbocycles. The summed E-state index contributed by atoms with van der Waals surface area (Å²) in [4.78, 5) is 13.5. The van der Waals surface area contributed by atoms with Crippen LogP contribution in [0.1, 0.15) is 12.8 Å². The fourth-order valence-electron chi connectivity index (χ4n) is 2.73. The zero-order valence-corrected chi connectivity index (χ0v) is 14.3. The van der Waals surface area contributed by atoms with Crippen LogP contribution in [0, 0.1) is 0 Å². The van der Waals surface area contributed by atoms with E-state index >= 15 is 0 Å². The fraction of sp³-hybridized carbons (Fsp3) is 0.357. The molecule has 22 heavy (non-hydrogen) atoms. The predicted octanol–water partition coefficient (Wildman–Crippen LogP) is 2.51. The number of amides is 2. The minimum Gasteiger partial charge on any atom is -0.354 e. The van der Waals surface area contributed by atoms with Crippen LogP contribution in [-0.2, 0) is 0 Å². The second kappa shape index (κ2) is 6.70. The van der Waals surface area contributed by atoms with Crippen molar-refractivity contribution >= 4 is 51.4 Å². The van der Waals surface area contributed by atoms with Crippen molar-refractivity contribution < 1.29 is 4.79 Å². The molecule has 1 aromatic carbocycles. The van der Waals surface area contributed by atoms with Crippen LogP contribution in [0.5, 0.6) is 0 Å². The normalized spacial score (nSPS) is 15.8. The molecule has 1 saturated heterocycles. The third-order valence-electron chi connectivity index (χ3n) is 3.84. The minimum atomic E-state index is -0.253. The Bertz CT molecular complexity index is 690. The standard InChI is InChI=1S/C14H16BrN5OS/c15-10-1-2-12-9(7-10)8-16-18-13(12)20-5-3-11(4-6-20)17-14(21)19-22/h1-2,7-8,11,22H,3-6H2,(H2,17,19,21). The zero-order chi connectivity index (χ0) is 15.5. The summed E-state index contributed by atoms with van der Waals surface area (Å²) >= 11 is 7.22. The molecule has 2 amide bonds. The summed E-state index contributed by atoms with van der Waals surface area (Å²) in [7, 11) is 0. The largest absolute Gasteiger partial charge is 0.354 e. The number of nitrogens with zero attached hydrogens (tertiary/aromatic N) is 3. The van der Waals surface area contributed by atoms with Crippen LogP contribution in [-0.4, -0.2) is 35.4 Å². The van der Waals surface area contributed by atoms with E-state index in [0.717, 1.165) is 47.0 Å². The number of hydrogen-bond acceptors (Lipinski definition) is 5. The number of piperidine rings is 1. The molecule has 6 nitrogen and oxygen atoms in total. The molecule has 116 valence electrons. The molecule has 0 unspecified atom stereocenters. The predicted molar refractivity (Wildman–Crippen MR) is 93.1 cm³/mol. The SMILES string of the molecule is O=C(NS)NC1CCN(c2nncc3cc(Br)ccc23)CC1. The number of benzene rings is 1. The number of rotatable bonds is 2. The Labute approximate surface area is 142 Å². The van der Waals surface area contributed by atoms with Gasteiger partial charge in [0, 0.05) is 34.4 Å². The van der Waals surface area contributed by atoms with Crippen molar-refractivity contribution in [1.29, 1.82) is 0 Å². The van der Waals surface area contributed by atoms with Crippen molar-refractivity contribution in [2.75, 3.05) is 18.0 Å². The molecule has 2 heterocycles. The Morgan fingerprint density at radius 1 is 1.36 bits per heavy atom. The van der Waals surface area contributed by atoms with Crippen molar-refractivity contribution in [3.63, 3.8) is 0 Å². The summed E-state index contributed by atoms with van der Waals surface area (Å²) in [5.74, 6) is 0.905. The van der Waals surface area contributed by atoms with Crippen LogP contribution in [0.25, 0.3) is 10.8 Å². The Kier molecular flexibility index (Phi) is 4.68. The highest BCUT2D eigenvalue weighted by Crippen LogP contribution is 2.28. The van der Waals surface area contributed by atoms with E-state index < -0.39 is 0 Å². The van der Waals surface area contributed by atoms with Crippen molar-refractivity contribution in [3.05, 3.63) is 28.9 Å². The molecule has 2 aromatic rings. The smallest absolute Gasteiger partial charge is 0.324 e. The van der Waals surface area contributed by atoms with Crippen molar-refractivity contribution in [2.45, 2.75) is 18.9 Å². The Morgan fingerprint density at radius 2 is 2.14 bits per heavy atom. The molecule has 0 spiro atoms. The summed E-state index contributed by atoms with van der Waals surface area (Å²) in [5.41, 5.74) is 0. The molecule has 8 heteroatoms. The highest BCUT2D eigenvalue weighted by Gasteiger charge is 2.22. The van der Waals surface area contributed by atoms with Crippen LogP contribution in [0.15, 0.2) is 28.9 Å². The van der Waals surface area contributed by atoms with E-state index in [1.165, 1.54) is 0 Å². The lowest BCUT2D eigenvalue weighted by Gasteiger charge is -2.33. The van der Waals surface area contributed by atoms with E-state index in [9.17, 15) is 4.79 Å². The van der Waals surface area contributed by atoms with Gasteiger partial charge in [0.25, 0.3) is 0 Å². The third-order valence-corrected chi connectivity index (χ3v) is 4.53. The lowest BCUT2D eigenvalue weighted by atomic mass is 10.0. The number of halogens is 1. The van der Waals surface area contributed by atoms with Gasteiger partial charge in [0.1, 0.15) is 0 Å². The van der Waals surface area contributed by atoms with E-state index in [1.807, 2.05) is 12.1 Å². The lowest BCUT2D eigenvalue weighted by molar-refractivity contribution is 0.240. The van der Waals surface area contributed by atoms with Gasteiger partial charge in [0.15, 0.2) is 5.82 Å². The number of anilines is 1. The van der Waals surface area contributed by atoms with Crippen LogP contribution in [0.2, 0.25) is 0 Å². The lowest BCUT2D eigenvalue weighted by Crippen LogP contribution is -2.46. The van der Waals surface area contributed by atoms with E-state index in [2.05, 4.69) is 59.9 Å². The van der Waals surface area contributed by atoms with Gasteiger partial charge in [-0.2, -0.15) is 5.10 Å². The van der Waals surface area contributed by atoms with Gasteiger partial charge in [-0.15, -0.1) is 5.10 Å². The maximum Gasteiger partial charge on any atom is 0.324 e. The molecule has 0 radical (unpaired) electrons. The number of urea groups is 1. The van der Waals surface area contributed by atoms with Crippen molar-refractivity contribution in [2.24, 2.45) is 0 Å². The average molecular weight is 382 g/mol. The maximum atomic E-state index is 11.3. The Hall–Kier alpha value is -1.54. The molecule has 0 bridgehead atoms. The first-order valence-corrected chi connectivity index (χ1v) is 8.28. The van der Waals surface area contributed by atoms with Crippen molar-refractivity contribution in [3.8, 4) is 0 Å². The average Bonchev–Trinajstić information content (AvgIpc) is 2.54. The van der Waals surface area contributed by atoms with Crippen LogP contribution in [0.3, 0.4) is 0 Å². The van der Waals surface area contributed by atoms with Gasteiger partial charge in [-0.3, -0.25) is 4.72 Å². The number of aromatic nitrogens is 2. The monoisotopic (exact) mass is 381 g/mol. The third kappa shape index (κ3) is 3.27. The van der Waals surface area contributed by atoms with E-state index in [0.29, 0.717) is 0 Å². The quantitative estimate of drug-likeness (QED) is 0.699. The molecule has 0 atom stereocenters. The number of carbonyl (C=O) groups excluding carboxylic acids is 1. The van der Waals surface area contributed by atoms with Gasteiger partial charge in [-0.1, -0.05) is 28.7 Å². The van der Waals surface area contributed by atoms with E-state index in [1.54, 1.807) is 6.20 Å². The highest BCUT2D eigenvalue weighted by molar-refractivity contribution is 9.10. The molecule has 1 fully saturated rings. The van der Waals surface area contributed by atoms with Gasteiger partial charge >= 0.3 is 6.03 Å². The highest BCUT2D eigenvalue weighted by atomic mass is 79.9. The molecule has 1 aromatic heterocycles. The van der Waals surface area contributed by atoms with Gasteiger partial charge in [-0.05, 0) is 31.0 Å². The van der Waals surface area contributed by atoms with E-state index in [-0.39, 0.29) is 12.1 Å². The summed E-state index contributed by atoms with van der Waals surface area (Å²) in [6.07, 6.45) is 3.51. The first kappa shape index (κ1) is 15.4. The Morgan fingerprint density at radius 3 is 2.86 bits per heavy atom. The second-order valence-electron chi connectivity index (χ2n) is 5.25. The summed E-state index contributed by atoms with van der Waals surface area (Å²) < 4.78 is 3.32. The Balaban J connectivity index is 1.75. The van der Waals surface area contributed by atoms with Crippen LogP contribution < -0.4 is 14.9 Å². The van der Waals surface area contributed by atoms with Crippen LogP contribution in [0.4, 0.5) is 10.6 Å². The molecule has 1 aliphatic rings. The summed E-state index contributed by atoms with van der Waals surface area (Å²) in [5, 5.41) is 13.5. The number of thiol groups is 1. The van der Waals surface area contributed by atoms with Gasteiger partial charge in [0.2, 0.25) is 0 Å². The molecular formula is C14H16BrN5OS. The summed E-state index contributed by atoms with van der Waals surface area (Å²) in [6.45, 7) is 1.67. The molecule has 3 rings (SSSR count). The van der Waals surface area contributed by atoms with Gasteiger partial charge in [-0.25, -0.2) is 4.79 Å². The first-order chi connectivity index (χ1) is 10.7. The van der Waals surface area contributed by atoms with E-state index in [4.69, 9.17) is 0 Å². The fourth-order valence-corrected chi connectivity index (χ4v) is 3.17. The number of fused-ring (bicyclic) bond motifs is 1. The topological polar surface area (TPSA) is 70.2 Å². The second-order valence-corrected chi connectivity index (χ2v) is 6.39.